The van der Waals surface area contributed by atoms with Crippen LogP contribution >= 0.6 is 0 Å². The van der Waals surface area contributed by atoms with Crippen molar-refractivity contribution in [1.82, 2.24) is 19.8 Å². The van der Waals surface area contributed by atoms with Crippen molar-refractivity contribution in [2.24, 2.45) is 5.41 Å². The zero-order valence-corrected chi connectivity index (χ0v) is 24.7. The highest BCUT2D eigenvalue weighted by atomic mass is 16.5. The molecule has 220 valence electrons. The summed E-state index contributed by atoms with van der Waals surface area (Å²) in [6.45, 7) is 8.79. The van der Waals surface area contributed by atoms with E-state index in [4.69, 9.17) is 14.7 Å². The molecule has 1 aliphatic carbocycles. The quantitative estimate of drug-likeness (QED) is 0.367. The van der Waals surface area contributed by atoms with Gasteiger partial charge >= 0.3 is 6.01 Å². The van der Waals surface area contributed by atoms with Crippen molar-refractivity contribution in [2.45, 2.75) is 44.5 Å². The van der Waals surface area contributed by atoms with Crippen LogP contribution in [0, 0.1) is 16.7 Å². The first-order valence-electron chi connectivity index (χ1n) is 15.0. The Morgan fingerprint density at radius 2 is 1.95 bits per heavy atom. The summed E-state index contributed by atoms with van der Waals surface area (Å²) in [5, 5.41) is 22.5. The van der Waals surface area contributed by atoms with Gasteiger partial charge in [-0.2, -0.15) is 15.2 Å². The van der Waals surface area contributed by atoms with Crippen molar-refractivity contribution in [3.8, 4) is 12.1 Å². The number of rotatable bonds is 10. The summed E-state index contributed by atoms with van der Waals surface area (Å²) in [6.07, 6.45) is 4.20. The van der Waals surface area contributed by atoms with Crippen LogP contribution in [0.2, 0.25) is 0 Å². The fraction of sp³-hybridized carbons (Fsp3) is 0.485. The Bertz CT molecular complexity index is 1480. The van der Waals surface area contributed by atoms with Crippen LogP contribution in [0.4, 0.5) is 11.5 Å². The van der Waals surface area contributed by atoms with E-state index in [0.29, 0.717) is 45.2 Å². The number of aromatic nitrogens is 2. The second kappa shape index (κ2) is 11.9. The molecule has 1 aromatic heterocycles. The first kappa shape index (κ1) is 28.4. The molecule has 2 aromatic carbocycles. The highest BCUT2D eigenvalue weighted by Gasteiger charge is 2.44. The van der Waals surface area contributed by atoms with Crippen molar-refractivity contribution in [3.05, 3.63) is 66.4 Å². The Kier molecular flexibility index (Phi) is 8.04. The number of ether oxygens (including phenoxy) is 1. The molecular weight excluding hydrogens is 526 g/mol. The van der Waals surface area contributed by atoms with Crippen molar-refractivity contribution >= 4 is 22.3 Å². The van der Waals surface area contributed by atoms with E-state index in [2.05, 4.69) is 83.9 Å². The van der Waals surface area contributed by atoms with E-state index >= 15 is 0 Å². The second-order valence-corrected chi connectivity index (χ2v) is 12.3. The predicted molar refractivity (Wildman–Crippen MR) is 166 cm³/mol. The van der Waals surface area contributed by atoms with Crippen LogP contribution in [0.1, 0.15) is 30.5 Å². The lowest BCUT2D eigenvalue weighted by atomic mass is 10.0. The van der Waals surface area contributed by atoms with Gasteiger partial charge in [-0.1, -0.05) is 43.0 Å². The van der Waals surface area contributed by atoms with E-state index in [-0.39, 0.29) is 11.5 Å². The van der Waals surface area contributed by atoms with E-state index in [9.17, 15) is 10.4 Å². The average Bonchev–Trinajstić information content (AvgIpc) is 3.77. The minimum absolute atomic E-state index is 0.127. The van der Waals surface area contributed by atoms with E-state index in [1.807, 2.05) is 4.90 Å². The minimum Gasteiger partial charge on any atom is -0.463 e. The van der Waals surface area contributed by atoms with Gasteiger partial charge in [0.1, 0.15) is 12.0 Å². The van der Waals surface area contributed by atoms with E-state index in [0.717, 1.165) is 49.4 Å². The number of anilines is 2. The maximum Gasteiger partial charge on any atom is 0.318 e. The fourth-order valence-corrected chi connectivity index (χ4v) is 6.65. The molecule has 1 saturated carbocycles. The van der Waals surface area contributed by atoms with Crippen LogP contribution in [0.15, 0.2) is 55.1 Å². The number of aliphatic hydroxyl groups excluding tert-OH is 1. The maximum absolute atomic E-state index is 10.5. The summed E-state index contributed by atoms with van der Waals surface area (Å²) in [5.41, 5.74) is 3.53. The molecule has 9 heteroatoms. The molecule has 0 amide bonds. The summed E-state index contributed by atoms with van der Waals surface area (Å²) in [4.78, 5) is 18.9. The van der Waals surface area contributed by atoms with Crippen LogP contribution < -0.4 is 14.5 Å². The molecule has 2 aliphatic heterocycles. The second-order valence-electron chi connectivity index (χ2n) is 12.3. The number of hydrogen-bond acceptors (Lipinski definition) is 9. The standard InChI is InChI=1S/C33H41N7O2/c1-4-30(41)40-19-18-39(20-25(40)12-16-34)31-27-13-17-38(29-11-7-9-24-8-5-6-10-26(24)29)21-28(27)35-32(36-31)42-23-33(14-15-33)22-37(2)3/h4-11,25,30,41H,1,12-15,17-23H2,2-3H3/t25-,30?/m0/s1. The van der Waals surface area contributed by atoms with E-state index in [1.165, 1.54) is 22.5 Å². The molecule has 6 rings (SSSR count). The number of nitriles is 1. The minimum atomic E-state index is -0.774. The highest BCUT2D eigenvalue weighted by molar-refractivity contribution is 5.94. The number of aliphatic hydroxyl groups is 1. The van der Waals surface area contributed by atoms with Gasteiger partial charge in [0.2, 0.25) is 0 Å². The van der Waals surface area contributed by atoms with Crippen LogP contribution in [-0.4, -0.2) is 90.6 Å². The monoisotopic (exact) mass is 567 g/mol. The Labute approximate surface area is 248 Å². The van der Waals surface area contributed by atoms with Crippen molar-refractivity contribution < 1.29 is 9.84 Å². The van der Waals surface area contributed by atoms with Crippen LogP contribution in [0.3, 0.4) is 0 Å². The molecule has 2 fully saturated rings. The molecule has 0 bridgehead atoms. The topological polar surface area (TPSA) is 92.0 Å². The van der Waals surface area contributed by atoms with Gasteiger partial charge in [-0.25, -0.2) is 0 Å². The number of nitrogens with zero attached hydrogens (tertiary/aromatic N) is 7. The van der Waals surface area contributed by atoms with Crippen molar-refractivity contribution in [1.29, 1.82) is 5.26 Å². The molecule has 3 aromatic rings. The van der Waals surface area contributed by atoms with Crippen LogP contribution in [-0.2, 0) is 13.0 Å². The highest BCUT2D eigenvalue weighted by Crippen LogP contribution is 2.46. The van der Waals surface area contributed by atoms with Gasteiger partial charge in [0, 0.05) is 60.8 Å². The van der Waals surface area contributed by atoms with Gasteiger partial charge in [-0.15, -0.1) is 0 Å². The third-order valence-electron chi connectivity index (χ3n) is 8.95. The molecule has 3 aliphatic rings. The molecule has 1 unspecified atom stereocenters. The van der Waals surface area contributed by atoms with Gasteiger partial charge in [-0.05, 0) is 50.9 Å². The lowest BCUT2D eigenvalue weighted by Crippen LogP contribution is -2.56. The van der Waals surface area contributed by atoms with Gasteiger partial charge in [-0.3, -0.25) is 4.90 Å². The van der Waals surface area contributed by atoms with Gasteiger partial charge < -0.3 is 24.5 Å². The Balaban J connectivity index is 1.32. The average molecular weight is 568 g/mol. The van der Waals surface area contributed by atoms with Gasteiger partial charge in [0.15, 0.2) is 0 Å². The van der Waals surface area contributed by atoms with Crippen molar-refractivity contribution in [2.75, 3.05) is 63.2 Å². The summed E-state index contributed by atoms with van der Waals surface area (Å²) in [7, 11) is 4.21. The smallest absolute Gasteiger partial charge is 0.318 e. The first-order valence-corrected chi connectivity index (χ1v) is 15.0. The molecule has 42 heavy (non-hydrogen) atoms. The number of fused-ring (bicyclic) bond motifs is 2. The molecular formula is C33H41N7O2. The maximum atomic E-state index is 10.5. The predicted octanol–water partition coefficient (Wildman–Crippen LogP) is 3.82. The molecule has 2 atom stereocenters. The van der Waals surface area contributed by atoms with Gasteiger partial charge in [0.05, 0.1) is 31.3 Å². The third-order valence-corrected chi connectivity index (χ3v) is 8.95. The van der Waals surface area contributed by atoms with E-state index < -0.39 is 6.23 Å². The number of benzene rings is 2. The molecule has 9 nitrogen and oxygen atoms in total. The first-order chi connectivity index (χ1) is 20.4. The van der Waals surface area contributed by atoms with E-state index in [1.54, 1.807) is 0 Å². The largest absolute Gasteiger partial charge is 0.463 e. The number of hydrogen-bond donors (Lipinski definition) is 1. The normalized spacial score (nSPS) is 20.7. The van der Waals surface area contributed by atoms with Gasteiger partial charge in [0.25, 0.3) is 0 Å². The Hall–Kier alpha value is -3.71. The van der Waals surface area contributed by atoms with Crippen LogP contribution in [0.5, 0.6) is 6.01 Å². The fourth-order valence-electron chi connectivity index (χ4n) is 6.65. The Morgan fingerprint density at radius 1 is 1.14 bits per heavy atom. The zero-order chi connectivity index (χ0) is 29.3. The van der Waals surface area contributed by atoms with Crippen LogP contribution in [0.25, 0.3) is 10.8 Å². The zero-order valence-electron chi connectivity index (χ0n) is 24.7. The lowest BCUT2D eigenvalue weighted by molar-refractivity contribution is 0.00431. The summed E-state index contributed by atoms with van der Waals surface area (Å²) in [5.74, 6) is 0.903. The van der Waals surface area contributed by atoms with Crippen molar-refractivity contribution in [3.63, 3.8) is 0 Å². The third kappa shape index (κ3) is 5.80. The summed E-state index contributed by atoms with van der Waals surface area (Å²) < 4.78 is 6.38. The number of piperazine rings is 1. The Morgan fingerprint density at radius 3 is 2.71 bits per heavy atom. The molecule has 1 N–H and O–H groups in total. The lowest BCUT2D eigenvalue weighted by Gasteiger charge is -2.43. The molecule has 3 heterocycles. The summed E-state index contributed by atoms with van der Waals surface area (Å²) in [6, 6.07) is 17.6. The SMILES string of the molecule is C=CC(O)N1CCN(c2nc(OCC3(CN(C)C)CC3)nc3c2CCN(c2cccc4ccccc24)C3)C[C@@H]1CC#N. The molecule has 0 spiro atoms. The summed E-state index contributed by atoms with van der Waals surface area (Å²) >= 11 is 0. The molecule has 0 radical (unpaired) electrons. The molecule has 1 saturated heterocycles.